The van der Waals surface area contributed by atoms with Crippen molar-refractivity contribution >= 4 is 196 Å². The summed E-state index contributed by atoms with van der Waals surface area (Å²) in [6.07, 6.45) is 20.8. The van der Waals surface area contributed by atoms with E-state index in [1.165, 1.54) is 39.4 Å². The molecule has 5 unspecified atom stereocenters. The van der Waals surface area contributed by atoms with Crippen molar-refractivity contribution in [1.29, 1.82) is 0 Å². The van der Waals surface area contributed by atoms with Gasteiger partial charge in [-0.05, 0) is 218 Å². The molecule has 24 heteroatoms. The monoisotopic (exact) mass is 1770 g/mol. The van der Waals surface area contributed by atoms with E-state index in [4.69, 9.17) is 22.1 Å². The van der Waals surface area contributed by atoms with Gasteiger partial charge < -0.3 is 66.2 Å². The number of nitrogens with zero attached hydrogens (tertiary/aromatic N) is 19. The highest BCUT2D eigenvalue weighted by Gasteiger charge is 2.42. The molecule has 5 atom stereocenters. The molecule has 0 amide bonds. The Kier molecular flexibility index (Phi) is 22.6. The van der Waals surface area contributed by atoms with Crippen molar-refractivity contribution in [2.45, 2.75) is 122 Å². The molecule has 0 spiro atoms. The maximum atomic E-state index is 6.31. The van der Waals surface area contributed by atoms with Crippen LogP contribution in [-0.4, -0.2) is 96.8 Å². The van der Waals surface area contributed by atoms with Gasteiger partial charge in [0, 0.05) is 155 Å². The van der Waals surface area contributed by atoms with Crippen molar-refractivity contribution < 1.29 is 22.1 Å². The van der Waals surface area contributed by atoms with Gasteiger partial charge in [0.15, 0.2) is 51.2 Å². The predicted octanol–water partition coefficient (Wildman–Crippen LogP) is 27.5. The van der Waals surface area contributed by atoms with Gasteiger partial charge in [-0.15, -0.1) is 0 Å². The van der Waals surface area contributed by atoms with Crippen LogP contribution >= 0.6 is 0 Å². The van der Waals surface area contributed by atoms with E-state index in [0.29, 0.717) is 28.6 Å². The molecule has 5 aliphatic heterocycles. The van der Waals surface area contributed by atoms with Gasteiger partial charge in [0.05, 0.1) is 51.2 Å². The van der Waals surface area contributed by atoms with Crippen molar-refractivity contribution in [1.82, 2.24) is 44.9 Å². The highest BCUT2D eigenvalue weighted by atomic mass is 16.4. The van der Waals surface area contributed by atoms with Crippen molar-refractivity contribution in [3.63, 3.8) is 0 Å². The lowest BCUT2D eigenvalue weighted by Gasteiger charge is -2.31. The standard InChI is InChI=1S/C26H21N3O.C22H19N3O.2C20H18N4O.C19H17N5O.3CH4/c1-17-14-15-20-21-11-8-16-27-26(21)30-25(20)24(17)29-18(2)28(19-9-4-3-5-10-19)22-12-6-7-13-23(22)29;1-15-10-11-18-19-9-6-12-23-22(19)26-21(18)20(15)25-14-13-24(16(25)2)17-7-4-3-5-8-17;1-12-8-9-14-15-6-4-11-22-20(15)25-18(14)17(12)24-13(2)23(3)19-16(24)7-5-10-21-19;1-12-8-9-14-15-6-4-11-22-20(15)25-18(14)17(12)24-13(2)23(3)16-7-5-10-21-19(16)24;1-11-6-7-13-14-5-4-8-22-19(14)25-16(13)15(11)24-12(2)23(3)17-18(24)21-10-9-20-17;;;/h3-16,18H,1-2H3;3-14,16H,1-2H3;2*4-11,13H,1-3H3;4-10,12H,1-3H3;3*1H4. The minimum atomic E-state index is 0. The third-order valence-corrected chi connectivity index (χ3v) is 26.4. The summed E-state index contributed by atoms with van der Waals surface area (Å²) in [6.45, 7) is 21.6. The van der Waals surface area contributed by atoms with Crippen LogP contribution in [0.15, 0.2) is 321 Å². The maximum Gasteiger partial charge on any atom is 0.227 e. The molecule has 18 heterocycles. The summed E-state index contributed by atoms with van der Waals surface area (Å²) in [6, 6.07) is 79.1. The van der Waals surface area contributed by atoms with Gasteiger partial charge in [-0.1, -0.05) is 131 Å². The molecule has 21 aromatic rings. The SMILES string of the molecule is C.C.C.Cc1ccc2c(oc3ncccc32)c1N1C=CN(c2ccccc2)C1C.Cc1ccc2c(oc3ncccc32)c1N1c2ccccc2N(c2ccccc2)C1C.Cc1ccc2c(oc3ncccc32)c1N1c2cccnc2N(C)C1C.Cc1ccc2c(oc3ncccc32)c1N1c2ncccc2N(C)C1C.Cc1ccc2c(oc3ncccc32)c1N1c2nccnc2N(C)C1C. The number of aromatic nitrogens is 9. The van der Waals surface area contributed by atoms with E-state index in [1.807, 2.05) is 74.0 Å². The lowest BCUT2D eigenvalue weighted by atomic mass is 10.1. The summed E-state index contributed by atoms with van der Waals surface area (Å²) in [5.41, 5.74) is 25.9. The van der Waals surface area contributed by atoms with Crippen molar-refractivity contribution in [2.75, 3.05) is 70.1 Å². The summed E-state index contributed by atoms with van der Waals surface area (Å²) in [4.78, 5) is 62.9. The Morgan fingerprint density at radius 1 is 0.216 bits per heavy atom. The average Bonchev–Trinajstić information content (AvgIpc) is 1.58. The molecule has 0 aliphatic carbocycles. The number of fused-ring (bicyclic) bond motifs is 19. The van der Waals surface area contributed by atoms with Crippen LogP contribution in [-0.2, 0) is 0 Å². The molecule has 0 bridgehead atoms. The Morgan fingerprint density at radius 2 is 0.515 bits per heavy atom. The van der Waals surface area contributed by atoms with E-state index in [2.05, 4.69) is 366 Å². The van der Waals surface area contributed by atoms with Gasteiger partial charge in [0.1, 0.15) is 30.8 Å². The van der Waals surface area contributed by atoms with Crippen molar-refractivity contribution in [3.8, 4) is 0 Å². The van der Waals surface area contributed by atoms with Gasteiger partial charge in [0.25, 0.3) is 0 Å². The van der Waals surface area contributed by atoms with E-state index in [-0.39, 0.29) is 53.1 Å². The minimum Gasteiger partial charge on any atom is -0.435 e. The van der Waals surface area contributed by atoms with E-state index in [0.717, 1.165) is 156 Å². The molecule has 670 valence electrons. The van der Waals surface area contributed by atoms with Crippen LogP contribution in [0.2, 0.25) is 0 Å². The molecule has 24 nitrogen and oxygen atoms in total. The molecule has 134 heavy (non-hydrogen) atoms. The number of pyridine rings is 7. The molecule has 5 aliphatic rings. The molecule has 0 saturated heterocycles. The zero-order chi connectivity index (χ0) is 89.3. The van der Waals surface area contributed by atoms with Crippen molar-refractivity contribution in [3.05, 3.63) is 327 Å². The molecule has 26 rings (SSSR count). The summed E-state index contributed by atoms with van der Waals surface area (Å²) >= 11 is 0. The summed E-state index contributed by atoms with van der Waals surface area (Å²) in [5, 5.41) is 10.7. The normalized spacial score (nSPS) is 16.3. The van der Waals surface area contributed by atoms with Gasteiger partial charge >= 0.3 is 0 Å². The lowest BCUT2D eigenvalue weighted by Crippen LogP contribution is -2.36. The Morgan fingerprint density at radius 3 is 0.955 bits per heavy atom. The molecule has 0 radical (unpaired) electrons. The van der Waals surface area contributed by atoms with E-state index < -0.39 is 0 Å². The first-order valence-corrected chi connectivity index (χ1v) is 44.1. The number of para-hydroxylation sites is 4. The molecule has 13 aromatic heterocycles. The second-order valence-corrected chi connectivity index (χ2v) is 33.8. The zero-order valence-electron chi connectivity index (χ0n) is 74.7. The van der Waals surface area contributed by atoms with Crippen LogP contribution in [0.1, 0.15) is 84.7 Å². The largest absolute Gasteiger partial charge is 0.435 e. The lowest BCUT2D eigenvalue weighted by molar-refractivity contribution is 0.647. The topological polar surface area (TPSA) is 214 Å². The van der Waals surface area contributed by atoms with Crippen LogP contribution in [0, 0.1) is 34.6 Å². The summed E-state index contributed by atoms with van der Waals surface area (Å²) in [5.74, 6) is 3.67. The molecule has 8 aromatic carbocycles. The molecule has 0 N–H and O–H groups in total. The van der Waals surface area contributed by atoms with Crippen LogP contribution in [0.3, 0.4) is 0 Å². The van der Waals surface area contributed by atoms with Gasteiger partial charge in [-0.2, -0.15) is 0 Å². The fourth-order valence-corrected chi connectivity index (χ4v) is 19.6. The Hall–Kier alpha value is -16.4. The fraction of sp³-hybridized carbons (Fsp3) is 0.191. The van der Waals surface area contributed by atoms with E-state index in [9.17, 15) is 0 Å². The van der Waals surface area contributed by atoms with Crippen molar-refractivity contribution in [2.24, 2.45) is 0 Å². The molecular weight excluding hydrogens is 1670 g/mol. The average molecular weight is 1770 g/mol. The van der Waals surface area contributed by atoms with Gasteiger partial charge in [0.2, 0.25) is 28.6 Å². The number of hydrogen-bond donors (Lipinski definition) is 0. The van der Waals surface area contributed by atoms with Gasteiger partial charge in [-0.25, -0.2) is 44.9 Å². The number of rotatable bonds is 7. The third-order valence-electron chi connectivity index (χ3n) is 26.4. The minimum absolute atomic E-state index is 0. The van der Waals surface area contributed by atoms with Crippen LogP contribution in [0.25, 0.3) is 110 Å². The van der Waals surface area contributed by atoms with Crippen LogP contribution in [0.5, 0.6) is 0 Å². The zero-order valence-corrected chi connectivity index (χ0v) is 74.7. The molecule has 0 saturated carbocycles. The third kappa shape index (κ3) is 14.1. The van der Waals surface area contributed by atoms with E-state index >= 15 is 0 Å². The number of hydrogen-bond acceptors (Lipinski definition) is 24. The first kappa shape index (κ1) is 87.0. The van der Waals surface area contributed by atoms with Crippen LogP contribution < -0.4 is 49.0 Å². The van der Waals surface area contributed by atoms with Gasteiger partial charge in [-0.3, -0.25) is 4.90 Å². The number of aryl methyl sites for hydroxylation is 5. The fourth-order valence-electron chi connectivity index (χ4n) is 19.6. The Labute approximate surface area is 777 Å². The number of furan rings is 5. The smallest absolute Gasteiger partial charge is 0.227 e. The second kappa shape index (κ2) is 34.8. The maximum absolute atomic E-state index is 6.31. The highest BCUT2D eigenvalue weighted by Crippen LogP contribution is 2.54. The first-order chi connectivity index (χ1) is 64.0. The molecule has 0 fully saturated rings. The van der Waals surface area contributed by atoms with E-state index in [1.54, 1.807) is 43.4 Å². The van der Waals surface area contributed by atoms with Crippen LogP contribution in [0.4, 0.5) is 85.8 Å². The molecular formula is C110H105N19O5. The summed E-state index contributed by atoms with van der Waals surface area (Å²) in [7, 11) is 6.21. The summed E-state index contributed by atoms with van der Waals surface area (Å²) < 4.78 is 31.0. The highest BCUT2D eigenvalue weighted by molar-refractivity contribution is 6.15. The Balaban J connectivity index is 0.000000107. The predicted molar refractivity (Wildman–Crippen MR) is 549 cm³/mol. The first-order valence-electron chi connectivity index (χ1n) is 44.1. The second-order valence-electron chi connectivity index (χ2n) is 33.8. The quantitative estimate of drug-likeness (QED) is 0.145. The number of benzene rings is 8. The Bertz CT molecular complexity index is 7620. The number of anilines is 15.